The lowest BCUT2D eigenvalue weighted by Gasteiger charge is -2.30. The van der Waals surface area contributed by atoms with E-state index in [1.807, 2.05) is 13.8 Å². The van der Waals surface area contributed by atoms with Crippen molar-refractivity contribution in [2.75, 3.05) is 24.6 Å². The van der Waals surface area contributed by atoms with E-state index in [1.54, 1.807) is 0 Å². The lowest BCUT2D eigenvalue weighted by molar-refractivity contribution is 0.308. The van der Waals surface area contributed by atoms with Crippen molar-refractivity contribution in [3.63, 3.8) is 0 Å². The Bertz CT molecular complexity index is 309. The predicted octanol–water partition coefficient (Wildman–Crippen LogP) is 3.24. The molecule has 2 nitrogen and oxygen atoms in total. The van der Waals surface area contributed by atoms with Gasteiger partial charge in [-0.3, -0.25) is 0 Å². The zero-order valence-electron chi connectivity index (χ0n) is 10.2. The molecule has 0 fully saturated rings. The molecule has 0 saturated heterocycles. The standard InChI is InChI=1S/C11H15NO.C2H6/c1-3-12-6-7-13-11-8-9(2)4-5-10(11)12;1-2/h4-5,8H,3,6-7H2,1-2H3;1-2H3. The van der Waals surface area contributed by atoms with Crippen LogP contribution in [0.25, 0.3) is 0 Å². The van der Waals surface area contributed by atoms with Gasteiger partial charge in [-0.25, -0.2) is 0 Å². The topological polar surface area (TPSA) is 12.5 Å². The Balaban J connectivity index is 0.000000531. The van der Waals surface area contributed by atoms with Gasteiger partial charge in [0.05, 0.1) is 12.2 Å². The van der Waals surface area contributed by atoms with E-state index in [0.29, 0.717) is 0 Å². The average Bonchev–Trinajstić information content (AvgIpc) is 2.30. The van der Waals surface area contributed by atoms with Crippen LogP contribution in [0.5, 0.6) is 5.75 Å². The summed E-state index contributed by atoms with van der Waals surface area (Å²) in [7, 11) is 0. The summed E-state index contributed by atoms with van der Waals surface area (Å²) < 4.78 is 5.59. The maximum Gasteiger partial charge on any atom is 0.142 e. The highest BCUT2D eigenvalue weighted by atomic mass is 16.5. The summed E-state index contributed by atoms with van der Waals surface area (Å²) in [5.41, 5.74) is 2.50. The molecule has 0 bridgehead atoms. The SMILES string of the molecule is CC.CCN1CCOc2cc(C)ccc21. The molecular weight excluding hydrogens is 186 g/mol. The average molecular weight is 207 g/mol. The number of rotatable bonds is 1. The molecule has 15 heavy (non-hydrogen) atoms. The molecule has 0 aromatic heterocycles. The predicted molar refractivity (Wildman–Crippen MR) is 65.9 cm³/mol. The van der Waals surface area contributed by atoms with Gasteiger partial charge in [0.1, 0.15) is 12.4 Å². The van der Waals surface area contributed by atoms with Crippen LogP contribution in [0, 0.1) is 6.92 Å². The van der Waals surface area contributed by atoms with E-state index in [0.717, 1.165) is 25.4 Å². The third kappa shape index (κ3) is 2.65. The van der Waals surface area contributed by atoms with E-state index in [1.165, 1.54) is 11.3 Å². The van der Waals surface area contributed by atoms with Crippen LogP contribution in [0.15, 0.2) is 18.2 Å². The number of fused-ring (bicyclic) bond motifs is 1. The molecule has 1 aromatic carbocycles. The van der Waals surface area contributed by atoms with Crippen LogP contribution in [-0.4, -0.2) is 19.7 Å². The van der Waals surface area contributed by atoms with Crippen LogP contribution in [-0.2, 0) is 0 Å². The highest BCUT2D eigenvalue weighted by Crippen LogP contribution is 2.31. The van der Waals surface area contributed by atoms with E-state index in [9.17, 15) is 0 Å². The molecule has 1 heterocycles. The lowest BCUT2D eigenvalue weighted by Crippen LogP contribution is -2.32. The van der Waals surface area contributed by atoms with E-state index in [4.69, 9.17) is 4.74 Å². The number of likely N-dealkylation sites (N-methyl/N-ethyl adjacent to an activating group) is 1. The Hall–Kier alpha value is -1.18. The van der Waals surface area contributed by atoms with Gasteiger partial charge in [0.25, 0.3) is 0 Å². The maximum atomic E-state index is 5.59. The number of benzene rings is 1. The number of hydrogen-bond acceptors (Lipinski definition) is 2. The first-order valence-electron chi connectivity index (χ1n) is 5.79. The first kappa shape index (κ1) is 11.9. The normalized spacial score (nSPS) is 13.5. The van der Waals surface area contributed by atoms with Crippen molar-refractivity contribution < 1.29 is 4.74 Å². The first-order valence-corrected chi connectivity index (χ1v) is 5.79. The minimum Gasteiger partial charge on any atom is -0.490 e. The Morgan fingerprint density at radius 3 is 2.73 bits per heavy atom. The van der Waals surface area contributed by atoms with E-state index in [-0.39, 0.29) is 0 Å². The molecule has 0 radical (unpaired) electrons. The van der Waals surface area contributed by atoms with Crippen LogP contribution in [0.4, 0.5) is 5.69 Å². The highest BCUT2D eigenvalue weighted by Gasteiger charge is 2.15. The second-order valence-corrected chi connectivity index (χ2v) is 3.40. The van der Waals surface area contributed by atoms with Crippen LogP contribution in [0.3, 0.4) is 0 Å². The van der Waals surface area contributed by atoms with Crippen molar-refractivity contribution in [1.29, 1.82) is 0 Å². The molecule has 1 aromatic rings. The fraction of sp³-hybridized carbons (Fsp3) is 0.538. The molecule has 0 N–H and O–H groups in total. The first-order chi connectivity index (χ1) is 7.31. The monoisotopic (exact) mass is 207 g/mol. The van der Waals surface area contributed by atoms with Gasteiger partial charge < -0.3 is 9.64 Å². The lowest BCUT2D eigenvalue weighted by atomic mass is 10.2. The fourth-order valence-electron chi connectivity index (χ4n) is 1.71. The zero-order chi connectivity index (χ0) is 11.3. The molecule has 0 atom stereocenters. The molecule has 0 spiro atoms. The molecule has 1 aliphatic rings. The minimum atomic E-state index is 0.810. The summed E-state index contributed by atoms with van der Waals surface area (Å²) in [6.07, 6.45) is 0. The Labute approximate surface area is 92.9 Å². The van der Waals surface area contributed by atoms with E-state index >= 15 is 0 Å². The fourth-order valence-corrected chi connectivity index (χ4v) is 1.71. The molecule has 0 aliphatic carbocycles. The summed E-state index contributed by atoms with van der Waals surface area (Å²) in [5, 5.41) is 0. The van der Waals surface area contributed by atoms with Crippen molar-refractivity contribution in [3.8, 4) is 5.75 Å². The number of hydrogen-bond donors (Lipinski definition) is 0. The molecule has 2 rings (SSSR count). The van der Waals surface area contributed by atoms with Gasteiger partial charge in [-0.2, -0.15) is 0 Å². The molecule has 1 aliphatic heterocycles. The van der Waals surface area contributed by atoms with Gasteiger partial charge in [0.2, 0.25) is 0 Å². The van der Waals surface area contributed by atoms with Crippen molar-refractivity contribution in [1.82, 2.24) is 0 Å². The van der Waals surface area contributed by atoms with E-state index < -0.39 is 0 Å². The van der Waals surface area contributed by atoms with Gasteiger partial charge in [0, 0.05) is 6.54 Å². The van der Waals surface area contributed by atoms with Crippen LogP contribution < -0.4 is 9.64 Å². The van der Waals surface area contributed by atoms with Crippen molar-refractivity contribution in [2.24, 2.45) is 0 Å². The summed E-state index contributed by atoms with van der Waals surface area (Å²) in [5.74, 6) is 1.04. The number of aryl methyl sites for hydroxylation is 1. The summed E-state index contributed by atoms with van der Waals surface area (Å²) in [6, 6.07) is 6.39. The van der Waals surface area contributed by atoms with Gasteiger partial charge in [-0.1, -0.05) is 19.9 Å². The van der Waals surface area contributed by atoms with Crippen LogP contribution >= 0.6 is 0 Å². The van der Waals surface area contributed by atoms with Gasteiger partial charge in [-0.15, -0.1) is 0 Å². The second-order valence-electron chi connectivity index (χ2n) is 3.40. The van der Waals surface area contributed by atoms with Crippen molar-refractivity contribution >= 4 is 5.69 Å². The number of nitrogens with zero attached hydrogens (tertiary/aromatic N) is 1. The molecule has 0 unspecified atom stereocenters. The highest BCUT2D eigenvalue weighted by molar-refractivity contribution is 5.60. The third-order valence-electron chi connectivity index (χ3n) is 2.46. The Morgan fingerprint density at radius 1 is 1.33 bits per heavy atom. The minimum absolute atomic E-state index is 0.810. The molecular formula is C13H21NO. The smallest absolute Gasteiger partial charge is 0.142 e. The van der Waals surface area contributed by atoms with Crippen LogP contribution in [0.2, 0.25) is 0 Å². The molecule has 2 heteroatoms. The zero-order valence-corrected chi connectivity index (χ0v) is 10.2. The van der Waals surface area contributed by atoms with Crippen molar-refractivity contribution in [2.45, 2.75) is 27.7 Å². The summed E-state index contributed by atoms with van der Waals surface area (Å²) in [6.45, 7) is 11.1. The molecule has 84 valence electrons. The van der Waals surface area contributed by atoms with Gasteiger partial charge in [0.15, 0.2) is 0 Å². The molecule has 0 saturated carbocycles. The summed E-state index contributed by atoms with van der Waals surface area (Å²) >= 11 is 0. The Kier molecular flexibility index (Phi) is 4.47. The molecule has 0 amide bonds. The third-order valence-corrected chi connectivity index (χ3v) is 2.46. The van der Waals surface area contributed by atoms with Crippen molar-refractivity contribution in [3.05, 3.63) is 23.8 Å². The Morgan fingerprint density at radius 2 is 2.07 bits per heavy atom. The maximum absolute atomic E-state index is 5.59. The van der Waals surface area contributed by atoms with Crippen LogP contribution in [0.1, 0.15) is 26.3 Å². The van der Waals surface area contributed by atoms with Gasteiger partial charge in [-0.05, 0) is 31.5 Å². The van der Waals surface area contributed by atoms with E-state index in [2.05, 4.69) is 36.9 Å². The largest absolute Gasteiger partial charge is 0.490 e. The number of ether oxygens (including phenoxy) is 1. The second kappa shape index (κ2) is 5.64. The van der Waals surface area contributed by atoms with Gasteiger partial charge >= 0.3 is 0 Å². The number of anilines is 1. The quantitative estimate of drug-likeness (QED) is 0.701. The summed E-state index contributed by atoms with van der Waals surface area (Å²) in [4.78, 5) is 2.35.